The van der Waals surface area contributed by atoms with Gasteiger partial charge >= 0.3 is 0 Å². The number of benzene rings is 2. The molecule has 2 nitrogen and oxygen atoms in total. The van der Waals surface area contributed by atoms with Crippen molar-refractivity contribution in [1.29, 1.82) is 0 Å². The number of aliphatic hydroxyl groups excluding tert-OH is 1. The minimum Gasteiger partial charge on any atom is -0.393 e. The molecular weight excluding hydrogens is 236 g/mol. The smallest absolute Gasteiger partial charge is 0.165 e. The Morgan fingerprint density at radius 2 is 1.53 bits per heavy atom. The third-order valence-electron chi connectivity index (χ3n) is 3.13. The Balaban J connectivity index is 1.81. The second-order valence-corrected chi connectivity index (χ2v) is 4.67. The van der Waals surface area contributed by atoms with Crippen LogP contribution in [0.3, 0.4) is 0 Å². The van der Waals surface area contributed by atoms with Crippen LogP contribution in [0.5, 0.6) is 0 Å². The molecule has 0 saturated heterocycles. The fourth-order valence-electron chi connectivity index (χ4n) is 2.04. The maximum Gasteiger partial charge on any atom is 0.165 e. The first-order valence-corrected chi connectivity index (χ1v) is 6.56. The molecule has 0 radical (unpaired) electrons. The Kier molecular flexibility index (Phi) is 4.87. The monoisotopic (exact) mass is 254 g/mol. The molecule has 0 spiro atoms. The summed E-state index contributed by atoms with van der Waals surface area (Å²) >= 11 is 0. The second kappa shape index (κ2) is 6.86. The molecule has 0 aliphatic heterocycles. The van der Waals surface area contributed by atoms with E-state index in [4.69, 9.17) is 0 Å². The molecule has 2 aromatic carbocycles. The van der Waals surface area contributed by atoms with E-state index in [1.54, 1.807) is 12.1 Å². The zero-order valence-electron chi connectivity index (χ0n) is 10.8. The molecule has 0 aliphatic carbocycles. The number of Topliss-reactive ketones (excluding diaryl/α,β-unsaturated/α-hetero) is 1. The molecule has 0 aromatic heterocycles. The van der Waals surface area contributed by atoms with Gasteiger partial charge in [0.1, 0.15) is 0 Å². The SMILES string of the molecule is O=C(C[C@H](O)CCc1ccccc1)c1ccccc1. The summed E-state index contributed by atoms with van der Waals surface area (Å²) in [5.41, 5.74) is 1.86. The van der Waals surface area contributed by atoms with Gasteiger partial charge in [0.05, 0.1) is 6.10 Å². The van der Waals surface area contributed by atoms with Crippen molar-refractivity contribution in [2.45, 2.75) is 25.4 Å². The summed E-state index contributed by atoms with van der Waals surface area (Å²) < 4.78 is 0. The highest BCUT2D eigenvalue weighted by Crippen LogP contribution is 2.10. The minimum atomic E-state index is -0.576. The summed E-state index contributed by atoms with van der Waals surface area (Å²) in [4.78, 5) is 11.9. The Morgan fingerprint density at radius 3 is 2.16 bits per heavy atom. The van der Waals surface area contributed by atoms with E-state index in [1.165, 1.54) is 5.56 Å². The predicted octanol–water partition coefficient (Wildman–Crippen LogP) is 3.25. The molecule has 2 rings (SSSR count). The van der Waals surface area contributed by atoms with Crippen LogP contribution < -0.4 is 0 Å². The molecule has 1 atom stereocenters. The van der Waals surface area contributed by atoms with Gasteiger partial charge in [-0.15, -0.1) is 0 Å². The maximum atomic E-state index is 11.9. The number of hydrogen-bond acceptors (Lipinski definition) is 2. The summed E-state index contributed by atoms with van der Waals surface area (Å²) in [6.07, 6.45) is 1.02. The van der Waals surface area contributed by atoms with Gasteiger partial charge in [-0.05, 0) is 18.4 Å². The summed E-state index contributed by atoms with van der Waals surface area (Å²) in [6, 6.07) is 19.1. The van der Waals surface area contributed by atoms with Crippen LogP contribution in [0.1, 0.15) is 28.8 Å². The lowest BCUT2D eigenvalue weighted by atomic mass is 10.0. The molecule has 0 saturated carbocycles. The summed E-state index contributed by atoms with van der Waals surface area (Å²) in [6.45, 7) is 0. The van der Waals surface area contributed by atoms with E-state index in [9.17, 15) is 9.90 Å². The molecule has 0 unspecified atom stereocenters. The average molecular weight is 254 g/mol. The molecule has 19 heavy (non-hydrogen) atoms. The van der Waals surface area contributed by atoms with E-state index >= 15 is 0 Å². The zero-order chi connectivity index (χ0) is 13.5. The van der Waals surface area contributed by atoms with Crippen molar-refractivity contribution >= 4 is 5.78 Å². The van der Waals surface area contributed by atoms with E-state index in [0.717, 1.165) is 6.42 Å². The van der Waals surface area contributed by atoms with Crippen molar-refractivity contribution in [2.75, 3.05) is 0 Å². The van der Waals surface area contributed by atoms with Crippen LogP contribution in [-0.2, 0) is 6.42 Å². The highest BCUT2D eigenvalue weighted by atomic mass is 16.3. The second-order valence-electron chi connectivity index (χ2n) is 4.67. The minimum absolute atomic E-state index is 0.00108. The number of aryl methyl sites for hydroxylation is 1. The largest absolute Gasteiger partial charge is 0.393 e. The van der Waals surface area contributed by atoms with Gasteiger partial charge in [-0.1, -0.05) is 60.7 Å². The van der Waals surface area contributed by atoms with Crippen LogP contribution in [0, 0.1) is 0 Å². The standard InChI is InChI=1S/C17H18O2/c18-16(12-11-14-7-3-1-4-8-14)13-17(19)15-9-5-2-6-10-15/h1-10,16,18H,11-13H2/t16-/m1/s1. The molecule has 0 amide bonds. The molecular formula is C17H18O2. The van der Waals surface area contributed by atoms with Gasteiger partial charge in [0, 0.05) is 12.0 Å². The average Bonchev–Trinajstić information content (AvgIpc) is 2.47. The molecule has 2 aromatic rings. The maximum absolute atomic E-state index is 11.9. The number of ketones is 1. The quantitative estimate of drug-likeness (QED) is 0.803. The molecule has 0 bridgehead atoms. The van der Waals surface area contributed by atoms with Gasteiger partial charge in [-0.25, -0.2) is 0 Å². The summed E-state index contributed by atoms with van der Waals surface area (Å²) in [5.74, 6) is 0.00108. The van der Waals surface area contributed by atoms with Crippen molar-refractivity contribution in [2.24, 2.45) is 0 Å². The van der Waals surface area contributed by atoms with Crippen molar-refractivity contribution in [1.82, 2.24) is 0 Å². The molecule has 1 N–H and O–H groups in total. The molecule has 2 heteroatoms. The number of rotatable bonds is 6. The third kappa shape index (κ3) is 4.34. The molecule has 0 aliphatic rings. The van der Waals surface area contributed by atoms with Crippen LogP contribution in [0.15, 0.2) is 60.7 Å². The first-order valence-electron chi connectivity index (χ1n) is 6.56. The summed E-state index contributed by atoms with van der Waals surface area (Å²) in [7, 11) is 0. The Morgan fingerprint density at radius 1 is 0.947 bits per heavy atom. The van der Waals surface area contributed by atoms with Crippen molar-refractivity contribution < 1.29 is 9.90 Å². The predicted molar refractivity (Wildman–Crippen MR) is 76.2 cm³/mol. The van der Waals surface area contributed by atoms with Gasteiger partial charge in [-0.2, -0.15) is 0 Å². The summed E-state index contributed by atoms with van der Waals surface area (Å²) in [5, 5.41) is 9.92. The molecule has 0 fully saturated rings. The fourth-order valence-corrected chi connectivity index (χ4v) is 2.04. The fraction of sp³-hybridized carbons (Fsp3) is 0.235. The zero-order valence-corrected chi connectivity index (χ0v) is 10.8. The highest BCUT2D eigenvalue weighted by molar-refractivity contribution is 5.96. The van der Waals surface area contributed by atoms with Gasteiger partial charge in [0.15, 0.2) is 5.78 Å². The molecule has 0 heterocycles. The lowest BCUT2D eigenvalue weighted by Crippen LogP contribution is -2.14. The van der Waals surface area contributed by atoms with Gasteiger partial charge in [0.2, 0.25) is 0 Å². The van der Waals surface area contributed by atoms with Crippen LogP contribution >= 0.6 is 0 Å². The van der Waals surface area contributed by atoms with E-state index < -0.39 is 6.10 Å². The van der Waals surface area contributed by atoms with Gasteiger partial charge in [-0.3, -0.25) is 4.79 Å². The first-order chi connectivity index (χ1) is 9.25. The lowest BCUT2D eigenvalue weighted by Gasteiger charge is -2.09. The van der Waals surface area contributed by atoms with Crippen molar-refractivity contribution in [3.63, 3.8) is 0 Å². The van der Waals surface area contributed by atoms with Crippen LogP contribution in [0.2, 0.25) is 0 Å². The highest BCUT2D eigenvalue weighted by Gasteiger charge is 2.12. The first kappa shape index (κ1) is 13.5. The Bertz CT molecular complexity index is 505. The number of aliphatic hydroxyl groups is 1. The Hall–Kier alpha value is -1.93. The van der Waals surface area contributed by atoms with Crippen molar-refractivity contribution in [3.05, 3.63) is 71.8 Å². The normalized spacial score (nSPS) is 12.1. The van der Waals surface area contributed by atoms with E-state index in [2.05, 4.69) is 0 Å². The van der Waals surface area contributed by atoms with E-state index in [0.29, 0.717) is 12.0 Å². The topological polar surface area (TPSA) is 37.3 Å². The van der Waals surface area contributed by atoms with Crippen molar-refractivity contribution in [3.8, 4) is 0 Å². The number of carbonyl (C=O) groups is 1. The third-order valence-corrected chi connectivity index (χ3v) is 3.13. The van der Waals surface area contributed by atoms with E-state index in [-0.39, 0.29) is 12.2 Å². The number of carbonyl (C=O) groups excluding carboxylic acids is 1. The number of hydrogen-bond donors (Lipinski definition) is 1. The van der Waals surface area contributed by atoms with Crippen LogP contribution in [0.4, 0.5) is 0 Å². The lowest BCUT2D eigenvalue weighted by molar-refractivity contribution is 0.0868. The van der Waals surface area contributed by atoms with Gasteiger partial charge in [0.25, 0.3) is 0 Å². The Labute approximate surface area is 113 Å². The van der Waals surface area contributed by atoms with Gasteiger partial charge < -0.3 is 5.11 Å². The molecule has 98 valence electrons. The van der Waals surface area contributed by atoms with Crippen LogP contribution in [-0.4, -0.2) is 17.0 Å². The van der Waals surface area contributed by atoms with E-state index in [1.807, 2.05) is 48.5 Å². The van der Waals surface area contributed by atoms with Crippen LogP contribution in [0.25, 0.3) is 0 Å².